The molecule has 0 radical (unpaired) electrons. The Kier molecular flexibility index (Phi) is 3.05. The Hall–Kier alpha value is -2.13. The zero-order chi connectivity index (χ0) is 13.2. The zero-order valence-electron chi connectivity index (χ0n) is 10.5. The van der Waals surface area contributed by atoms with Crippen molar-refractivity contribution >= 4 is 6.03 Å². The summed E-state index contributed by atoms with van der Waals surface area (Å²) < 4.78 is 0. The molecule has 1 N–H and O–H groups in total. The van der Waals surface area contributed by atoms with Crippen LogP contribution in [-0.4, -0.2) is 53.0 Å². The summed E-state index contributed by atoms with van der Waals surface area (Å²) in [6, 6.07) is 6.22. The quantitative estimate of drug-likeness (QED) is 0.819. The fraction of sp³-hybridized carbons (Fsp3) is 0.462. The van der Waals surface area contributed by atoms with E-state index in [4.69, 9.17) is 5.26 Å². The maximum Gasteiger partial charge on any atom is 0.317 e. The molecule has 2 aliphatic rings. The predicted molar refractivity (Wildman–Crippen MR) is 68.1 cm³/mol. The highest BCUT2D eigenvalue weighted by atomic mass is 16.2. The molecule has 98 valence electrons. The molecular weight excluding hydrogens is 242 g/mol. The summed E-state index contributed by atoms with van der Waals surface area (Å²) in [5, 5.41) is 11.9. The van der Waals surface area contributed by atoms with Crippen LogP contribution in [0, 0.1) is 11.3 Å². The van der Waals surface area contributed by atoms with Crippen LogP contribution in [0.2, 0.25) is 0 Å². The summed E-state index contributed by atoms with van der Waals surface area (Å²) in [5.41, 5.74) is 1.45. The number of piperazine rings is 1. The number of nitriles is 1. The van der Waals surface area contributed by atoms with Gasteiger partial charge in [0, 0.05) is 44.5 Å². The van der Waals surface area contributed by atoms with E-state index in [-0.39, 0.29) is 12.1 Å². The molecular formula is C13H15N5O. The van der Waals surface area contributed by atoms with E-state index in [2.05, 4.69) is 21.3 Å². The van der Waals surface area contributed by atoms with Crippen molar-refractivity contribution in [3.8, 4) is 6.07 Å². The van der Waals surface area contributed by atoms with Crippen molar-refractivity contribution in [2.45, 2.75) is 12.6 Å². The van der Waals surface area contributed by atoms with Crippen molar-refractivity contribution in [3.63, 3.8) is 0 Å². The number of carbonyl (C=O) groups is 1. The number of pyridine rings is 1. The standard InChI is InChI=1S/C13H15N5O/c14-6-12-10(2-1-3-15-12)8-17-4-5-18-11(9-17)7-16-13(18)19/h1-3,11H,4-5,7-9H2,(H,16,19). The van der Waals surface area contributed by atoms with E-state index >= 15 is 0 Å². The minimum Gasteiger partial charge on any atom is -0.336 e. The van der Waals surface area contributed by atoms with Crippen LogP contribution in [0.5, 0.6) is 0 Å². The molecule has 0 bridgehead atoms. The highest BCUT2D eigenvalue weighted by Crippen LogP contribution is 2.17. The molecule has 3 heterocycles. The van der Waals surface area contributed by atoms with Crippen LogP contribution in [0.4, 0.5) is 4.79 Å². The number of urea groups is 1. The third-order valence-corrected chi connectivity index (χ3v) is 3.71. The molecule has 2 amide bonds. The minimum absolute atomic E-state index is 0.0451. The number of aromatic nitrogens is 1. The third-order valence-electron chi connectivity index (χ3n) is 3.71. The van der Waals surface area contributed by atoms with Crippen LogP contribution in [0.15, 0.2) is 18.3 Å². The number of amides is 2. The van der Waals surface area contributed by atoms with E-state index in [1.807, 2.05) is 17.0 Å². The molecule has 0 saturated carbocycles. The van der Waals surface area contributed by atoms with E-state index in [0.717, 1.165) is 31.7 Å². The van der Waals surface area contributed by atoms with Crippen LogP contribution in [-0.2, 0) is 6.54 Å². The Morgan fingerprint density at radius 2 is 2.42 bits per heavy atom. The number of hydrogen-bond donors (Lipinski definition) is 1. The molecule has 2 saturated heterocycles. The molecule has 6 heteroatoms. The van der Waals surface area contributed by atoms with Crippen molar-refractivity contribution in [2.24, 2.45) is 0 Å². The molecule has 2 aliphatic heterocycles. The van der Waals surface area contributed by atoms with Gasteiger partial charge in [-0.3, -0.25) is 4.90 Å². The van der Waals surface area contributed by atoms with Crippen molar-refractivity contribution in [3.05, 3.63) is 29.6 Å². The van der Waals surface area contributed by atoms with Gasteiger partial charge in [-0.1, -0.05) is 6.07 Å². The number of hydrogen-bond acceptors (Lipinski definition) is 4. The Bertz CT molecular complexity index is 538. The van der Waals surface area contributed by atoms with E-state index in [9.17, 15) is 4.79 Å². The van der Waals surface area contributed by atoms with Crippen LogP contribution >= 0.6 is 0 Å². The topological polar surface area (TPSA) is 72.3 Å². The van der Waals surface area contributed by atoms with E-state index < -0.39 is 0 Å². The summed E-state index contributed by atoms with van der Waals surface area (Å²) >= 11 is 0. The minimum atomic E-state index is 0.0451. The lowest BCUT2D eigenvalue weighted by atomic mass is 10.1. The van der Waals surface area contributed by atoms with Gasteiger partial charge in [-0.05, 0) is 6.07 Å². The average molecular weight is 257 g/mol. The van der Waals surface area contributed by atoms with E-state index in [0.29, 0.717) is 12.2 Å². The third kappa shape index (κ3) is 2.25. The fourth-order valence-corrected chi connectivity index (χ4v) is 2.72. The molecule has 0 aliphatic carbocycles. The number of nitrogens with one attached hydrogen (secondary N) is 1. The van der Waals surface area contributed by atoms with Gasteiger partial charge < -0.3 is 10.2 Å². The lowest BCUT2D eigenvalue weighted by Crippen LogP contribution is -2.51. The van der Waals surface area contributed by atoms with Gasteiger partial charge in [-0.25, -0.2) is 9.78 Å². The molecule has 2 fully saturated rings. The molecule has 0 aromatic carbocycles. The average Bonchev–Trinajstić information content (AvgIpc) is 2.81. The van der Waals surface area contributed by atoms with Gasteiger partial charge in [0.1, 0.15) is 11.8 Å². The van der Waals surface area contributed by atoms with Gasteiger partial charge in [0.2, 0.25) is 0 Å². The molecule has 6 nitrogen and oxygen atoms in total. The van der Waals surface area contributed by atoms with Gasteiger partial charge in [0.05, 0.1) is 6.04 Å². The van der Waals surface area contributed by atoms with Crippen molar-refractivity contribution < 1.29 is 4.79 Å². The number of nitrogens with zero attached hydrogens (tertiary/aromatic N) is 4. The second-order valence-corrected chi connectivity index (χ2v) is 4.89. The van der Waals surface area contributed by atoms with E-state index in [1.54, 1.807) is 6.20 Å². The molecule has 1 aromatic rings. The largest absolute Gasteiger partial charge is 0.336 e. The molecule has 1 aromatic heterocycles. The molecule has 1 unspecified atom stereocenters. The highest BCUT2D eigenvalue weighted by molar-refractivity contribution is 5.77. The van der Waals surface area contributed by atoms with Gasteiger partial charge in [-0.15, -0.1) is 0 Å². The SMILES string of the molecule is N#Cc1ncccc1CN1CCN2C(=O)NCC2C1. The summed E-state index contributed by atoms with van der Waals surface area (Å²) in [5.74, 6) is 0. The van der Waals surface area contributed by atoms with Crippen molar-refractivity contribution in [2.75, 3.05) is 26.2 Å². The lowest BCUT2D eigenvalue weighted by Gasteiger charge is -2.36. The summed E-state index contributed by atoms with van der Waals surface area (Å²) in [7, 11) is 0. The second-order valence-electron chi connectivity index (χ2n) is 4.89. The second kappa shape index (κ2) is 4.86. The number of rotatable bonds is 2. The lowest BCUT2D eigenvalue weighted by molar-refractivity contribution is 0.116. The maximum absolute atomic E-state index is 11.5. The van der Waals surface area contributed by atoms with Crippen LogP contribution in [0.25, 0.3) is 0 Å². The summed E-state index contributed by atoms with van der Waals surface area (Å²) in [4.78, 5) is 19.8. The Labute approximate surface area is 111 Å². The monoisotopic (exact) mass is 257 g/mol. The molecule has 1 atom stereocenters. The van der Waals surface area contributed by atoms with Gasteiger partial charge in [0.25, 0.3) is 0 Å². The normalized spacial score (nSPS) is 22.8. The van der Waals surface area contributed by atoms with Crippen LogP contribution < -0.4 is 5.32 Å². The first kappa shape index (κ1) is 11.9. The summed E-state index contributed by atoms with van der Waals surface area (Å²) in [6.07, 6.45) is 1.64. The first-order valence-electron chi connectivity index (χ1n) is 6.39. The first-order chi connectivity index (χ1) is 9.28. The first-order valence-corrected chi connectivity index (χ1v) is 6.39. The van der Waals surface area contributed by atoms with Crippen LogP contribution in [0.1, 0.15) is 11.3 Å². The maximum atomic E-state index is 11.5. The highest BCUT2D eigenvalue weighted by Gasteiger charge is 2.35. The Balaban J connectivity index is 1.69. The zero-order valence-corrected chi connectivity index (χ0v) is 10.5. The molecule has 19 heavy (non-hydrogen) atoms. The number of fused-ring (bicyclic) bond motifs is 1. The molecule has 0 spiro atoms. The number of carbonyl (C=O) groups excluding carboxylic acids is 1. The van der Waals surface area contributed by atoms with Crippen LogP contribution in [0.3, 0.4) is 0 Å². The van der Waals surface area contributed by atoms with Crippen molar-refractivity contribution in [1.82, 2.24) is 20.1 Å². The van der Waals surface area contributed by atoms with Crippen molar-refractivity contribution in [1.29, 1.82) is 5.26 Å². The van der Waals surface area contributed by atoms with Gasteiger partial charge in [-0.2, -0.15) is 5.26 Å². The Morgan fingerprint density at radius 1 is 1.53 bits per heavy atom. The molecule has 3 rings (SSSR count). The summed E-state index contributed by atoms with van der Waals surface area (Å²) in [6.45, 7) is 3.86. The fourth-order valence-electron chi connectivity index (χ4n) is 2.72. The predicted octanol–water partition coefficient (Wildman–Crippen LogP) is 0.163. The van der Waals surface area contributed by atoms with E-state index in [1.165, 1.54) is 0 Å². The smallest absolute Gasteiger partial charge is 0.317 e. The van der Waals surface area contributed by atoms with Gasteiger partial charge in [0.15, 0.2) is 0 Å². The Morgan fingerprint density at radius 3 is 3.26 bits per heavy atom. The van der Waals surface area contributed by atoms with Gasteiger partial charge >= 0.3 is 6.03 Å².